The summed E-state index contributed by atoms with van der Waals surface area (Å²) in [6.45, 7) is 4.56. The lowest BCUT2D eigenvalue weighted by molar-refractivity contribution is 1.26. The topological polar surface area (TPSA) is 6.48 Å². The molecule has 2 heteroatoms. The first kappa shape index (κ1) is 40.8. The number of hydrogen-bond acceptors (Lipinski definition) is 2. The quantitative estimate of drug-likeness (QED) is 0.126. The smallest absolute Gasteiger partial charge is 0.0540 e. The Morgan fingerprint density at radius 3 is 0.912 bits per heavy atom. The van der Waals surface area contributed by atoms with Gasteiger partial charge in [-0.3, -0.25) is 0 Å². The van der Waals surface area contributed by atoms with Crippen LogP contribution >= 0.6 is 0 Å². The molecule has 322 valence electrons. The zero-order valence-electron chi connectivity index (χ0n) is 38.1. The van der Waals surface area contributed by atoms with Gasteiger partial charge in [-0.25, -0.2) is 0 Å². The maximum Gasteiger partial charge on any atom is 0.0540 e. The second-order valence-corrected chi connectivity index (χ2v) is 17.7. The molecule has 0 aliphatic heterocycles. The van der Waals surface area contributed by atoms with Crippen LogP contribution in [0.25, 0.3) is 76.8 Å². The normalized spacial score (nSPS) is 11.4. The standard InChI is InChI=1S/C66H48N2/c1-45-59(49-25-13-5-14-26-49)41-53(47-21-9-3-10-22-47)43-63(45)67(55-29-17-7-18-30-55)61-39-35-51-34-38-58-62(40-36-52-33-37-57(61)65(51)66(52)58)68(56-31-19-8-20-32-56)64-44-54(48-23-11-4-12-24-48)42-60(46(64)2)50-27-15-6-16-28-50/h3-44H,1-2H3. The fourth-order valence-corrected chi connectivity index (χ4v) is 10.4. The molecular formula is C66H48N2. The minimum Gasteiger partial charge on any atom is -0.310 e. The Labute approximate surface area is 398 Å². The summed E-state index contributed by atoms with van der Waals surface area (Å²) in [4.78, 5) is 4.97. The lowest BCUT2D eigenvalue weighted by atomic mass is 9.90. The van der Waals surface area contributed by atoms with Crippen LogP contribution in [0.2, 0.25) is 0 Å². The van der Waals surface area contributed by atoms with Gasteiger partial charge in [0.1, 0.15) is 0 Å². The molecule has 12 aromatic rings. The van der Waals surface area contributed by atoms with E-state index < -0.39 is 0 Å². The van der Waals surface area contributed by atoms with Crippen LogP contribution in [-0.2, 0) is 0 Å². The van der Waals surface area contributed by atoms with Crippen molar-refractivity contribution in [2.24, 2.45) is 0 Å². The van der Waals surface area contributed by atoms with Crippen molar-refractivity contribution in [1.29, 1.82) is 0 Å². The molecular weight excluding hydrogens is 821 g/mol. The van der Waals surface area contributed by atoms with Gasteiger partial charge in [0.15, 0.2) is 0 Å². The summed E-state index contributed by atoms with van der Waals surface area (Å²) in [6.07, 6.45) is 0. The Bertz CT molecular complexity index is 3470. The van der Waals surface area contributed by atoms with E-state index in [4.69, 9.17) is 0 Å². The SMILES string of the molecule is Cc1c(-c2ccccc2)cc(-c2ccccc2)cc1N(c1ccccc1)c1ccc2ccc3c(N(c4ccccc4)c4cc(-c5ccccc5)cc(-c5ccccc5)c4C)ccc4ccc1c2c43. The maximum absolute atomic E-state index is 2.49. The van der Waals surface area contributed by atoms with Crippen LogP contribution in [-0.4, -0.2) is 0 Å². The van der Waals surface area contributed by atoms with E-state index in [-0.39, 0.29) is 0 Å². The van der Waals surface area contributed by atoms with Gasteiger partial charge in [-0.05, 0) is 152 Å². The Hall–Kier alpha value is -8.72. The minimum absolute atomic E-state index is 1.11. The van der Waals surface area contributed by atoms with Gasteiger partial charge < -0.3 is 9.80 Å². The zero-order chi connectivity index (χ0) is 45.6. The molecule has 0 aliphatic rings. The molecule has 0 aliphatic carbocycles. The van der Waals surface area contributed by atoms with Crippen LogP contribution in [0.3, 0.4) is 0 Å². The molecule has 68 heavy (non-hydrogen) atoms. The Morgan fingerprint density at radius 1 is 0.250 bits per heavy atom. The third-order valence-electron chi connectivity index (χ3n) is 13.8. The van der Waals surface area contributed by atoms with Crippen molar-refractivity contribution in [2.45, 2.75) is 13.8 Å². The first-order valence-corrected chi connectivity index (χ1v) is 23.5. The highest BCUT2D eigenvalue weighted by Gasteiger charge is 2.25. The molecule has 0 saturated carbocycles. The number of anilines is 6. The summed E-state index contributed by atoms with van der Waals surface area (Å²) in [5, 5.41) is 7.35. The summed E-state index contributed by atoms with van der Waals surface area (Å²) < 4.78 is 0. The van der Waals surface area contributed by atoms with Crippen molar-refractivity contribution in [3.05, 3.63) is 266 Å². The molecule has 12 aromatic carbocycles. The molecule has 0 spiro atoms. The molecule has 0 radical (unpaired) electrons. The van der Waals surface area contributed by atoms with E-state index in [1.807, 2.05) is 0 Å². The Kier molecular flexibility index (Phi) is 10.3. The van der Waals surface area contributed by atoms with Crippen molar-refractivity contribution >= 4 is 66.4 Å². The van der Waals surface area contributed by atoms with E-state index in [0.29, 0.717) is 0 Å². The van der Waals surface area contributed by atoms with Crippen LogP contribution in [0.1, 0.15) is 11.1 Å². The van der Waals surface area contributed by atoms with Crippen LogP contribution in [0.5, 0.6) is 0 Å². The van der Waals surface area contributed by atoms with Crippen LogP contribution < -0.4 is 9.80 Å². The highest BCUT2D eigenvalue weighted by Crippen LogP contribution is 2.50. The third kappa shape index (κ3) is 7.15. The first-order valence-electron chi connectivity index (χ1n) is 23.5. The molecule has 12 rings (SSSR count). The molecule has 0 saturated heterocycles. The number of rotatable bonds is 10. The van der Waals surface area contributed by atoms with Crippen molar-refractivity contribution in [2.75, 3.05) is 9.80 Å². The van der Waals surface area contributed by atoms with Gasteiger partial charge in [0, 0.05) is 22.1 Å². The summed E-state index contributed by atoms with van der Waals surface area (Å²) in [5.74, 6) is 0. The van der Waals surface area contributed by atoms with Crippen molar-refractivity contribution in [3.63, 3.8) is 0 Å². The number of hydrogen-bond donors (Lipinski definition) is 0. The molecule has 0 atom stereocenters. The molecule has 0 N–H and O–H groups in total. The van der Waals surface area contributed by atoms with Crippen molar-refractivity contribution in [3.8, 4) is 44.5 Å². The van der Waals surface area contributed by atoms with Crippen LogP contribution in [0.15, 0.2) is 255 Å². The molecule has 0 fully saturated rings. The zero-order valence-corrected chi connectivity index (χ0v) is 38.1. The van der Waals surface area contributed by atoms with E-state index >= 15 is 0 Å². The molecule has 2 nitrogen and oxygen atoms in total. The van der Waals surface area contributed by atoms with Gasteiger partial charge in [0.05, 0.1) is 22.7 Å². The van der Waals surface area contributed by atoms with E-state index in [0.717, 1.165) is 34.1 Å². The molecule has 0 unspecified atom stereocenters. The van der Waals surface area contributed by atoms with Gasteiger partial charge in [-0.2, -0.15) is 0 Å². The summed E-state index contributed by atoms with van der Waals surface area (Å²) in [6, 6.07) is 93.0. The third-order valence-corrected chi connectivity index (χ3v) is 13.8. The van der Waals surface area contributed by atoms with E-state index in [1.165, 1.54) is 88.0 Å². The molecule has 0 heterocycles. The monoisotopic (exact) mass is 868 g/mol. The maximum atomic E-state index is 2.49. The lowest BCUT2D eigenvalue weighted by Crippen LogP contribution is -2.13. The lowest BCUT2D eigenvalue weighted by Gasteiger charge is -2.32. The highest BCUT2D eigenvalue weighted by atomic mass is 15.2. The molecule has 0 amide bonds. The van der Waals surface area contributed by atoms with E-state index in [9.17, 15) is 0 Å². The predicted octanol–water partition coefficient (Wildman–Crippen LogP) is 18.8. The minimum atomic E-state index is 1.11. The van der Waals surface area contributed by atoms with E-state index in [2.05, 4.69) is 278 Å². The highest BCUT2D eigenvalue weighted by molar-refractivity contribution is 6.28. The average Bonchev–Trinajstić information content (AvgIpc) is 3.41. The first-order chi connectivity index (χ1) is 33.6. The van der Waals surface area contributed by atoms with Gasteiger partial charge in [-0.1, -0.05) is 194 Å². The fourth-order valence-electron chi connectivity index (χ4n) is 10.4. The van der Waals surface area contributed by atoms with E-state index in [1.54, 1.807) is 0 Å². The summed E-state index contributed by atoms with van der Waals surface area (Å²) in [7, 11) is 0. The Balaban J connectivity index is 1.12. The van der Waals surface area contributed by atoms with Crippen molar-refractivity contribution in [1.82, 2.24) is 0 Å². The Morgan fingerprint density at radius 2 is 0.559 bits per heavy atom. The van der Waals surface area contributed by atoms with Crippen molar-refractivity contribution < 1.29 is 0 Å². The molecule has 0 bridgehead atoms. The van der Waals surface area contributed by atoms with Crippen LogP contribution in [0.4, 0.5) is 34.1 Å². The summed E-state index contributed by atoms with van der Waals surface area (Å²) >= 11 is 0. The predicted molar refractivity (Wildman–Crippen MR) is 291 cm³/mol. The molecule has 0 aromatic heterocycles. The second kappa shape index (κ2) is 17.3. The van der Waals surface area contributed by atoms with Crippen LogP contribution in [0, 0.1) is 13.8 Å². The second-order valence-electron chi connectivity index (χ2n) is 17.7. The average molecular weight is 869 g/mol. The number of nitrogens with zero attached hydrogens (tertiary/aromatic N) is 2. The largest absolute Gasteiger partial charge is 0.310 e. The van der Waals surface area contributed by atoms with Gasteiger partial charge in [-0.15, -0.1) is 0 Å². The number of benzene rings is 12. The van der Waals surface area contributed by atoms with Gasteiger partial charge in [0.2, 0.25) is 0 Å². The van der Waals surface area contributed by atoms with Gasteiger partial charge in [0.25, 0.3) is 0 Å². The summed E-state index contributed by atoms with van der Waals surface area (Å²) in [5.41, 5.74) is 18.8. The van der Waals surface area contributed by atoms with Gasteiger partial charge >= 0.3 is 0 Å². The number of para-hydroxylation sites is 2. The fraction of sp³-hybridized carbons (Fsp3) is 0.0303.